The molecule has 7 nitrogen and oxygen atoms in total. The summed E-state index contributed by atoms with van der Waals surface area (Å²) in [6, 6.07) is 0. The van der Waals surface area contributed by atoms with E-state index in [1.807, 2.05) is 0 Å². The maximum atomic E-state index is 11.1. The summed E-state index contributed by atoms with van der Waals surface area (Å²) in [7, 11) is 0. The second-order valence-corrected chi connectivity index (χ2v) is 7.65. The number of carboxylic acid groups (broad SMARTS) is 1. The van der Waals surface area contributed by atoms with Crippen molar-refractivity contribution in [1.82, 2.24) is 0 Å². The number of aliphatic carboxylic acids is 1. The third kappa shape index (κ3) is 16.1. The first-order valence-electron chi connectivity index (χ1n) is 10.9. The van der Waals surface area contributed by atoms with Gasteiger partial charge < -0.3 is 25.2 Å². The summed E-state index contributed by atoms with van der Waals surface area (Å²) in [5.41, 5.74) is 0. The first-order chi connectivity index (χ1) is 13.8. The molecule has 0 amide bonds. The molecule has 0 radical (unpaired) electrons. The van der Waals surface area contributed by atoms with Crippen LogP contribution in [0.3, 0.4) is 0 Å². The van der Waals surface area contributed by atoms with Gasteiger partial charge in [-0.05, 0) is 25.7 Å². The third-order valence-electron chi connectivity index (χ3n) is 4.78. The number of ether oxygens (including phenoxy) is 1. The molecule has 0 aliphatic heterocycles. The number of rotatable bonds is 18. The summed E-state index contributed by atoms with van der Waals surface area (Å²) in [6.07, 6.45) is 9.44. The van der Waals surface area contributed by atoms with Crippen LogP contribution in [0.5, 0.6) is 0 Å². The van der Waals surface area contributed by atoms with Crippen molar-refractivity contribution < 1.29 is 34.8 Å². The molecule has 2 unspecified atom stereocenters. The van der Waals surface area contributed by atoms with Gasteiger partial charge in [0.1, 0.15) is 12.2 Å². The van der Waals surface area contributed by atoms with Crippen LogP contribution in [0.15, 0.2) is 12.2 Å². The number of hydrogen-bond donors (Lipinski definition) is 4. The number of unbranched alkanes of at least 4 members (excludes halogenated alkanes) is 7. The Morgan fingerprint density at radius 2 is 1.52 bits per heavy atom. The summed E-state index contributed by atoms with van der Waals surface area (Å²) in [6.45, 7) is 3.31. The van der Waals surface area contributed by atoms with Gasteiger partial charge in [0.25, 0.3) is 0 Å². The molecule has 0 heterocycles. The third-order valence-corrected chi connectivity index (χ3v) is 4.78. The molecule has 0 saturated heterocycles. The van der Waals surface area contributed by atoms with Gasteiger partial charge in [-0.2, -0.15) is 0 Å². The van der Waals surface area contributed by atoms with Gasteiger partial charge in [0, 0.05) is 6.92 Å². The topological polar surface area (TPSA) is 124 Å². The molecule has 0 aliphatic rings. The van der Waals surface area contributed by atoms with E-state index in [2.05, 4.69) is 6.92 Å². The van der Waals surface area contributed by atoms with Crippen molar-refractivity contribution in [2.45, 2.75) is 115 Å². The monoisotopic (exact) mass is 416 g/mol. The van der Waals surface area contributed by atoms with Crippen LogP contribution in [0, 0.1) is 0 Å². The number of carboxylic acids is 1. The fraction of sp³-hybridized carbons (Fsp3) is 0.818. The van der Waals surface area contributed by atoms with Crippen LogP contribution in [0.4, 0.5) is 0 Å². The number of allylic oxidation sites excluding steroid dienone is 1. The predicted octanol–water partition coefficient (Wildman–Crippen LogP) is 3.34. The average molecular weight is 417 g/mol. The van der Waals surface area contributed by atoms with Crippen LogP contribution in [-0.2, 0) is 14.3 Å². The first-order valence-corrected chi connectivity index (χ1v) is 10.9. The number of hydrogen-bond acceptors (Lipinski definition) is 6. The second-order valence-electron chi connectivity index (χ2n) is 7.65. The maximum Gasteiger partial charge on any atom is 0.306 e. The molecule has 0 bridgehead atoms. The molecule has 0 aromatic heterocycles. The minimum Gasteiger partial charge on any atom is -0.481 e. The molecule has 0 fully saturated rings. The van der Waals surface area contributed by atoms with Crippen molar-refractivity contribution in [1.29, 1.82) is 0 Å². The van der Waals surface area contributed by atoms with Gasteiger partial charge in [0.05, 0.1) is 12.5 Å². The number of esters is 1. The van der Waals surface area contributed by atoms with Crippen LogP contribution < -0.4 is 0 Å². The van der Waals surface area contributed by atoms with Gasteiger partial charge in [-0.25, -0.2) is 0 Å². The standard InChI is InChI=1S/C22H40O7/c1-3-4-5-10-13-18(24)14-11-8-6-7-9-12-15-19(25)22(29-17(2)23)20(26)16-21(27)28/h12,15,18-20,22,24-26H,3-11,13-14,16H2,1-2H3,(H,27,28)/b15-12+/t18-,19?,20?,22-/m1/s1. The number of aliphatic hydroxyl groups excluding tert-OH is 3. The van der Waals surface area contributed by atoms with E-state index in [4.69, 9.17) is 9.84 Å². The van der Waals surface area contributed by atoms with Gasteiger partial charge >= 0.3 is 11.9 Å². The zero-order valence-corrected chi connectivity index (χ0v) is 18.0. The Hall–Kier alpha value is -1.44. The Morgan fingerprint density at radius 3 is 2.07 bits per heavy atom. The van der Waals surface area contributed by atoms with E-state index in [9.17, 15) is 24.9 Å². The molecule has 0 aromatic rings. The van der Waals surface area contributed by atoms with E-state index in [0.29, 0.717) is 0 Å². The van der Waals surface area contributed by atoms with Gasteiger partial charge in [-0.3, -0.25) is 9.59 Å². The van der Waals surface area contributed by atoms with E-state index < -0.39 is 36.7 Å². The summed E-state index contributed by atoms with van der Waals surface area (Å²) in [5, 5.41) is 38.6. The highest BCUT2D eigenvalue weighted by Gasteiger charge is 2.30. The smallest absolute Gasteiger partial charge is 0.306 e. The minimum absolute atomic E-state index is 0.197. The van der Waals surface area contributed by atoms with Crippen molar-refractivity contribution in [3.05, 3.63) is 12.2 Å². The van der Waals surface area contributed by atoms with E-state index in [-0.39, 0.29) is 6.10 Å². The number of carbonyl (C=O) groups is 2. The van der Waals surface area contributed by atoms with E-state index in [1.165, 1.54) is 25.3 Å². The molecule has 0 aliphatic carbocycles. The minimum atomic E-state index is -1.48. The molecule has 170 valence electrons. The van der Waals surface area contributed by atoms with Gasteiger partial charge in [-0.15, -0.1) is 0 Å². The zero-order chi connectivity index (χ0) is 22.1. The second kappa shape index (κ2) is 17.4. The highest BCUT2D eigenvalue weighted by atomic mass is 16.6. The lowest BCUT2D eigenvalue weighted by Crippen LogP contribution is -2.41. The van der Waals surface area contributed by atoms with E-state index in [1.54, 1.807) is 6.08 Å². The van der Waals surface area contributed by atoms with Gasteiger partial charge in [-0.1, -0.05) is 64.0 Å². The van der Waals surface area contributed by atoms with Crippen molar-refractivity contribution in [2.24, 2.45) is 0 Å². The predicted molar refractivity (Wildman–Crippen MR) is 111 cm³/mol. The van der Waals surface area contributed by atoms with Gasteiger partial charge in [0.15, 0.2) is 6.10 Å². The van der Waals surface area contributed by atoms with Crippen LogP contribution in [0.1, 0.15) is 90.9 Å². The van der Waals surface area contributed by atoms with E-state index >= 15 is 0 Å². The largest absolute Gasteiger partial charge is 0.481 e. The summed E-state index contributed by atoms with van der Waals surface area (Å²) in [5.74, 6) is -1.93. The normalized spacial score (nSPS) is 15.8. The summed E-state index contributed by atoms with van der Waals surface area (Å²) >= 11 is 0. The Kier molecular flexibility index (Phi) is 16.6. The van der Waals surface area contributed by atoms with Crippen molar-refractivity contribution >= 4 is 11.9 Å². The Bertz CT molecular complexity index is 464. The molecular formula is C22H40O7. The van der Waals surface area contributed by atoms with Gasteiger partial charge in [0.2, 0.25) is 0 Å². The van der Waals surface area contributed by atoms with Crippen molar-refractivity contribution in [3.8, 4) is 0 Å². The molecular weight excluding hydrogens is 376 g/mol. The molecule has 7 heteroatoms. The van der Waals surface area contributed by atoms with Crippen LogP contribution in [-0.4, -0.2) is 56.8 Å². The maximum absolute atomic E-state index is 11.1. The highest BCUT2D eigenvalue weighted by molar-refractivity contribution is 5.68. The molecule has 4 atom stereocenters. The highest BCUT2D eigenvalue weighted by Crippen LogP contribution is 2.14. The zero-order valence-electron chi connectivity index (χ0n) is 18.0. The number of aliphatic hydroxyl groups is 3. The van der Waals surface area contributed by atoms with Crippen molar-refractivity contribution in [2.75, 3.05) is 0 Å². The lowest BCUT2D eigenvalue weighted by atomic mass is 10.0. The SMILES string of the molecule is CCCCCC[C@@H](O)CCCCCC/C=C/C(O)[C@@H](OC(C)=O)C(O)CC(=O)O. The van der Waals surface area contributed by atoms with Crippen LogP contribution in [0.2, 0.25) is 0 Å². The van der Waals surface area contributed by atoms with Crippen molar-refractivity contribution in [3.63, 3.8) is 0 Å². The summed E-state index contributed by atoms with van der Waals surface area (Å²) < 4.78 is 4.87. The first kappa shape index (κ1) is 27.6. The number of carbonyl (C=O) groups excluding carboxylic acids is 1. The quantitative estimate of drug-likeness (QED) is 0.153. The molecule has 4 N–H and O–H groups in total. The molecule has 0 aromatic carbocycles. The molecule has 0 rings (SSSR count). The molecule has 0 spiro atoms. The Balaban J connectivity index is 4.00. The Morgan fingerprint density at radius 1 is 0.931 bits per heavy atom. The average Bonchev–Trinajstić information content (AvgIpc) is 2.64. The lowest BCUT2D eigenvalue weighted by molar-refractivity contribution is -0.163. The molecule has 0 saturated carbocycles. The Labute approximate surface area is 174 Å². The van der Waals surface area contributed by atoms with E-state index in [0.717, 1.165) is 58.3 Å². The molecule has 29 heavy (non-hydrogen) atoms. The summed E-state index contributed by atoms with van der Waals surface area (Å²) in [4.78, 5) is 21.8. The lowest BCUT2D eigenvalue weighted by Gasteiger charge is -2.24. The van der Waals surface area contributed by atoms with Crippen LogP contribution >= 0.6 is 0 Å². The fourth-order valence-corrected chi connectivity index (χ4v) is 3.15. The van der Waals surface area contributed by atoms with Crippen LogP contribution in [0.25, 0.3) is 0 Å². The fourth-order valence-electron chi connectivity index (χ4n) is 3.15.